The Balaban J connectivity index is 1.49. The van der Waals surface area contributed by atoms with Crippen molar-refractivity contribution in [3.63, 3.8) is 0 Å². The molecule has 1 fully saturated rings. The van der Waals surface area contributed by atoms with Crippen LogP contribution in [-0.2, 0) is 11.2 Å². The van der Waals surface area contributed by atoms with Crippen molar-refractivity contribution in [1.82, 2.24) is 4.98 Å². The van der Waals surface area contributed by atoms with Gasteiger partial charge >= 0.3 is 0 Å². The minimum atomic E-state index is -0.187. The first-order valence-corrected chi connectivity index (χ1v) is 10.3. The maximum Gasteiger partial charge on any atom is 0.228 e. The Hall–Kier alpha value is -2.76. The summed E-state index contributed by atoms with van der Waals surface area (Å²) < 4.78 is 11.4. The second kappa shape index (κ2) is 8.94. The molecular weight excluding hydrogens is 423 g/mol. The van der Waals surface area contributed by atoms with Crippen LogP contribution < -0.4 is 14.8 Å². The van der Waals surface area contributed by atoms with Crippen LogP contribution in [0.5, 0.6) is 17.2 Å². The Morgan fingerprint density at radius 1 is 1.17 bits per heavy atom. The van der Waals surface area contributed by atoms with E-state index in [1.165, 1.54) is 0 Å². The fourth-order valence-corrected chi connectivity index (χ4v) is 3.79. The summed E-state index contributed by atoms with van der Waals surface area (Å²) in [6, 6.07) is 12.5. The molecule has 4 rings (SSSR count). The first-order chi connectivity index (χ1) is 14.5. The lowest BCUT2D eigenvalue weighted by Gasteiger charge is -2.14. The van der Waals surface area contributed by atoms with Crippen LogP contribution >= 0.6 is 23.2 Å². The van der Waals surface area contributed by atoms with Gasteiger partial charge < -0.3 is 14.8 Å². The number of halogens is 2. The maximum absolute atomic E-state index is 12.3. The molecule has 1 aliphatic rings. The van der Waals surface area contributed by atoms with E-state index in [9.17, 15) is 4.79 Å². The molecule has 1 aromatic heterocycles. The van der Waals surface area contributed by atoms with Crippen molar-refractivity contribution in [2.75, 3.05) is 12.4 Å². The van der Waals surface area contributed by atoms with Gasteiger partial charge in [-0.05, 0) is 60.7 Å². The maximum atomic E-state index is 12.3. The number of nitrogens with one attached hydrogen (secondary N) is 1. The lowest BCUT2D eigenvalue weighted by Crippen LogP contribution is -2.14. The van der Waals surface area contributed by atoms with Gasteiger partial charge in [-0.25, -0.2) is 0 Å². The van der Waals surface area contributed by atoms with E-state index in [1.807, 2.05) is 24.3 Å². The molecular formula is C23H20Cl2N2O3. The van der Waals surface area contributed by atoms with E-state index in [0.29, 0.717) is 33.1 Å². The zero-order chi connectivity index (χ0) is 21.1. The number of hydrogen-bond donors (Lipinski definition) is 1. The number of carbonyl (C=O) groups excluding carboxylic acids is 1. The van der Waals surface area contributed by atoms with Crippen molar-refractivity contribution in [3.8, 4) is 17.2 Å². The Labute approximate surface area is 184 Å². The van der Waals surface area contributed by atoms with Crippen molar-refractivity contribution in [2.24, 2.45) is 0 Å². The molecule has 0 unspecified atom stereocenters. The van der Waals surface area contributed by atoms with Gasteiger partial charge in [-0.3, -0.25) is 9.78 Å². The number of aromatic nitrogens is 1. The number of rotatable bonds is 7. The van der Waals surface area contributed by atoms with Gasteiger partial charge in [0, 0.05) is 23.6 Å². The van der Waals surface area contributed by atoms with Gasteiger partial charge in [0.2, 0.25) is 5.91 Å². The van der Waals surface area contributed by atoms with Crippen LogP contribution in [0.2, 0.25) is 10.0 Å². The molecule has 0 radical (unpaired) electrons. The van der Waals surface area contributed by atoms with Crippen molar-refractivity contribution in [2.45, 2.75) is 25.2 Å². The molecule has 154 valence electrons. The topological polar surface area (TPSA) is 60.5 Å². The quantitative estimate of drug-likeness (QED) is 0.469. The first kappa shape index (κ1) is 20.5. The lowest BCUT2D eigenvalue weighted by molar-refractivity contribution is -0.115. The smallest absolute Gasteiger partial charge is 0.228 e. The van der Waals surface area contributed by atoms with Crippen molar-refractivity contribution in [1.29, 1.82) is 0 Å². The largest absolute Gasteiger partial charge is 0.496 e. The van der Waals surface area contributed by atoms with Gasteiger partial charge in [0.1, 0.15) is 11.5 Å². The van der Waals surface area contributed by atoms with E-state index in [2.05, 4.69) is 10.3 Å². The third-order valence-electron chi connectivity index (χ3n) is 4.81. The van der Waals surface area contributed by atoms with Crippen molar-refractivity contribution >= 4 is 34.8 Å². The van der Waals surface area contributed by atoms with E-state index in [-0.39, 0.29) is 12.3 Å². The van der Waals surface area contributed by atoms with Gasteiger partial charge in [-0.2, -0.15) is 0 Å². The first-order valence-electron chi connectivity index (χ1n) is 9.57. The number of nitrogens with zero attached hydrogens (tertiary/aromatic N) is 1. The van der Waals surface area contributed by atoms with E-state index >= 15 is 0 Å². The Kier molecular flexibility index (Phi) is 6.11. The summed E-state index contributed by atoms with van der Waals surface area (Å²) in [7, 11) is 1.66. The van der Waals surface area contributed by atoms with Gasteiger partial charge in [-0.1, -0.05) is 29.3 Å². The summed E-state index contributed by atoms with van der Waals surface area (Å²) >= 11 is 12.8. The molecule has 7 heteroatoms. The summed E-state index contributed by atoms with van der Waals surface area (Å²) in [5.41, 5.74) is 2.44. The van der Waals surface area contributed by atoms with Gasteiger partial charge in [0.25, 0.3) is 0 Å². The molecule has 3 aromatic rings. The monoisotopic (exact) mass is 442 g/mol. The van der Waals surface area contributed by atoms with Crippen molar-refractivity contribution < 1.29 is 14.3 Å². The van der Waals surface area contributed by atoms with Crippen LogP contribution in [0.4, 0.5) is 5.69 Å². The van der Waals surface area contributed by atoms with Crippen LogP contribution in [0.15, 0.2) is 54.9 Å². The summed E-state index contributed by atoms with van der Waals surface area (Å²) in [6.07, 6.45) is 5.82. The number of benzene rings is 2. The molecule has 2 aromatic carbocycles. The number of pyridine rings is 1. The third kappa shape index (κ3) is 4.86. The van der Waals surface area contributed by atoms with Crippen LogP contribution in [0.1, 0.15) is 29.9 Å². The molecule has 0 saturated heterocycles. The van der Waals surface area contributed by atoms with E-state index in [1.54, 1.807) is 37.7 Å². The Bertz CT molecular complexity index is 1050. The van der Waals surface area contributed by atoms with Crippen LogP contribution in [-0.4, -0.2) is 18.0 Å². The van der Waals surface area contributed by atoms with E-state index in [0.717, 1.165) is 29.7 Å². The minimum absolute atomic E-state index is 0.187. The molecule has 30 heavy (non-hydrogen) atoms. The SMILES string of the molecule is COc1ccc(Oc2c(Cl)cc(NC(=O)Cc3cccnc3)cc2Cl)cc1C1CC1. The number of hydrogen-bond acceptors (Lipinski definition) is 4. The lowest BCUT2D eigenvalue weighted by atomic mass is 10.1. The second-order valence-corrected chi connectivity index (χ2v) is 7.95. The molecule has 5 nitrogen and oxygen atoms in total. The van der Waals surface area contributed by atoms with E-state index < -0.39 is 0 Å². The number of carbonyl (C=O) groups is 1. The highest BCUT2D eigenvalue weighted by Gasteiger charge is 2.27. The zero-order valence-electron chi connectivity index (χ0n) is 16.3. The number of ether oxygens (including phenoxy) is 2. The average molecular weight is 443 g/mol. The molecule has 1 saturated carbocycles. The van der Waals surface area contributed by atoms with Gasteiger partial charge in [0.05, 0.1) is 23.6 Å². The second-order valence-electron chi connectivity index (χ2n) is 7.14. The molecule has 0 bridgehead atoms. The van der Waals surface area contributed by atoms with Crippen LogP contribution in [0, 0.1) is 0 Å². The normalized spacial score (nSPS) is 13.0. The van der Waals surface area contributed by atoms with Crippen LogP contribution in [0.25, 0.3) is 0 Å². The minimum Gasteiger partial charge on any atom is -0.496 e. The Morgan fingerprint density at radius 3 is 2.57 bits per heavy atom. The highest BCUT2D eigenvalue weighted by molar-refractivity contribution is 6.37. The van der Waals surface area contributed by atoms with Crippen LogP contribution in [0.3, 0.4) is 0 Å². The molecule has 0 aliphatic heterocycles. The van der Waals surface area contributed by atoms with Gasteiger partial charge in [-0.15, -0.1) is 0 Å². The van der Waals surface area contributed by atoms with Gasteiger partial charge in [0.15, 0.2) is 5.75 Å². The number of amides is 1. The third-order valence-corrected chi connectivity index (χ3v) is 5.37. The number of methoxy groups -OCH3 is 1. The standard InChI is InChI=1S/C23H20Cl2N2O3/c1-29-21-7-6-17(12-18(21)15-4-5-15)30-23-19(24)10-16(11-20(23)25)27-22(28)9-14-3-2-8-26-13-14/h2-3,6-8,10-13,15H,4-5,9H2,1H3,(H,27,28). The fourth-order valence-electron chi connectivity index (χ4n) is 3.23. The molecule has 1 N–H and O–H groups in total. The average Bonchev–Trinajstić information content (AvgIpc) is 3.56. The van der Waals surface area contributed by atoms with E-state index in [4.69, 9.17) is 32.7 Å². The fraction of sp³-hybridized carbons (Fsp3) is 0.217. The number of anilines is 1. The highest BCUT2D eigenvalue weighted by atomic mass is 35.5. The zero-order valence-corrected chi connectivity index (χ0v) is 17.8. The molecule has 0 spiro atoms. The van der Waals surface area contributed by atoms with Crippen molar-refractivity contribution in [3.05, 3.63) is 76.0 Å². The summed E-state index contributed by atoms with van der Waals surface area (Å²) in [4.78, 5) is 16.3. The summed E-state index contributed by atoms with van der Waals surface area (Å²) in [6.45, 7) is 0. The summed E-state index contributed by atoms with van der Waals surface area (Å²) in [5.74, 6) is 2.15. The molecule has 0 atom stereocenters. The Morgan fingerprint density at radius 2 is 1.93 bits per heavy atom. The molecule has 1 heterocycles. The predicted octanol–water partition coefficient (Wildman–Crippen LogP) is 6.25. The predicted molar refractivity (Wildman–Crippen MR) is 118 cm³/mol. The molecule has 1 aliphatic carbocycles. The molecule has 1 amide bonds. The highest BCUT2D eigenvalue weighted by Crippen LogP contribution is 2.46. The summed E-state index contributed by atoms with van der Waals surface area (Å²) in [5, 5.41) is 3.42.